The van der Waals surface area contributed by atoms with Crippen LogP contribution in [0.5, 0.6) is 5.75 Å². The summed E-state index contributed by atoms with van der Waals surface area (Å²) < 4.78 is 31.8. The Balaban J connectivity index is 1.66. The number of alkyl halides is 3. The van der Waals surface area contributed by atoms with Gasteiger partial charge in [0.1, 0.15) is 5.75 Å². The Kier molecular flexibility index (Phi) is 5.36. The van der Waals surface area contributed by atoms with E-state index in [0.717, 1.165) is 16.8 Å². The molecule has 0 aliphatic rings. The van der Waals surface area contributed by atoms with Gasteiger partial charge in [0, 0.05) is 40.7 Å². The molecule has 2 heterocycles. The Morgan fingerprint density at radius 2 is 1.97 bits per heavy atom. The molecule has 160 valence electrons. The van der Waals surface area contributed by atoms with E-state index in [0.29, 0.717) is 16.8 Å². The van der Waals surface area contributed by atoms with Crippen LogP contribution >= 0.6 is 11.6 Å². The molecule has 0 aliphatic heterocycles. The van der Waals surface area contributed by atoms with E-state index in [1.165, 1.54) is 24.3 Å². The fraction of sp³-hybridized carbons (Fsp3) is 0.190. The van der Waals surface area contributed by atoms with Gasteiger partial charge < -0.3 is 14.6 Å². The van der Waals surface area contributed by atoms with Crippen molar-refractivity contribution < 1.29 is 18.3 Å². The number of carbonyl (C=O) groups excluding carboxylic acids is 1. The Morgan fingerprint density at radius 1 is 1.23 bits per heavy atom. The molecule has 2 aromatic heterocycles. The maximum absolute atomic E-state index is 12.9. The topological polar surface area (TPSA) is 84.8 Å². The van der Waals surface area contributed by atoms with Gasteiger partial charge in [0.05, 0.1) is 23.1 Å². The van der Waals surface area contributed by atoms with Crippen molar-refractivity contribution in [3.63, 3.8) is 0 Å². The molecule has 0 saturated carbocycles. The first-order valence-corrected chi connectivity index (χ1v) is 9.76. The molecule has 4 aromatic rings. The van der Waals surface area contributed by atoms with Crippen LogP contribution in [-0.4, -0.2) is 31.2 Å². The number of H-pyrrole nitrogens is 1. The number of hydrogen-bond acceptors (Lipinski definition) is 4. The number of amides is 1. The first-order valence-electron chi connectivity index (χ1n) is 9.39. The minimum atomic E-state index is -3.80. The van der Waals surface area contributed by atoms with E-state index in [9.17, 15) is 13.6 Å². The largest absolute Gasteiger partial charge is 0.487 e. The van der Waals surface area contributed by atoms with Crippen molar-refractivity contribution in [2.45, 2.75) is 25.5 Å². The maximum Gasteiger partial charge on any atom is 0.487 e. The Labute approximate surface area is 181 Å². The van der Waals surface area contributed by atoms with Crippen molar-refractivity contribution in [2.75, 3.05) is 5.32 Å². The molecule has 2 N–H and O–H groups in total. The third-order valence-corrected chi connectivity index (χ3v) is 4.70. The van der Waals surface area contributed by atoms with E-state index in [-0.39, 0.29) is 17.7 Å². The zero-order chi connectivity index (χ0) is 22.2. The summed E-state index contributed by atoms with van der Waals surface area (Å²) in [6.45, 7) is 4.10. The molecule has 10 heteroatoms. The monoisotopic (exact) mass is 445 g/mol. The number of aromatic nitrogens is 4. The maximum atomic E-state index is 12.9. The molecule has 0 atom stereocenters. The highest BCUT2D eigenvalue weighted by atomic mass is 35.5. The molecule has 2 aromatic carbocycles. The molecular weight excluding hydrogens is 428 g/mol. The number of carbonyl (C=O) groups is 1. The molecule has 0 saturated heterocycles. The van der Waals surface area contributed by atoms with Gasteiger partial charge in [-0.25, -0.2) is 4.98 Å². The number of aromatic amines is 1. The van der Waals surface area contributed by atoms with Crippen molar-refractivity contribution in [3.05, 3.63) is 60.6 Å². The summed E-state index contributed by atoms with van der Waals surface area (Å²) in [7, 11) is 0. The summed E-state index contributed by atoms with van der Waals surface area (Å²) in [5.41, 5.74) is 0.0935. The highest BCUT2D eigenvalue weighted by molar-refractivity contribution is 6.20. The van der Waals surface area contributed by atoms with Crippen LogP contribution in [-0.2, 0) is 0 Å². The summed E-state index contributed by atoms with van der Waals surface area (Å²) >= 11 is 4.76. The highest BCUT2D eigenvalue weighted by Crippen LogP contribution is 2.31. The van der Waals surface area contributed by atoms with Gasteiger partial charge in [0.15, 0.2) is 0 Å². The van der Waals surface area contributed by atoms with Gasteiger partial charge in [-0.05, 0) is 56.3 Å². The predicted molar refractivity (Wildman–Crippen MR) is 114 cm³/mol. The van der Waals surface area contributed by atoms with Crippen LogP contribution in [0.25, 0.3) is 22.3 Å². The number of ether oxygens (including phenoxy) is 1. The fourth-order valence-corrected chi connectivity index (χ4v) is 3.34. The van der Waals surface area contributed by atoms with E-state index < -0.39 is 5.57 Å². The van der Waals surface area contributed by atoms with Crippen molar-refractivity contribution in [1.82, 2.24) is 19.7 Å². The summed E-state index contributed by atoms with van der Waals surface area (Å²) in [6.07, 6.45) is 3.38. The minimum Gasteiger partial charge on any atom is -0.420 e. The van der Waals surface area contributed by atoms with Gasteiger partial charge in [-0.15, -0.1) is 8.78 Å². The summed E-state index contributed by atoms with van der Waals surface area (Å²) in [4.78, 5) is 17.3. The van der Waals surface area contributed by atoms with Crippen molar-refractivity contribution >= 4 is 34.2 Å². The van der Waals surface area contributed by atoms with E-state index >= 15 is 0 Å². The molecule has 0 spiro atoms. The molecule has 7 nitrogen and oxygen atoms in total. The normalized spacial score (nSPS) is 11.8. The van der Waals surface area contributed by atoms with Crippen LogP contribution in [0.4, 0.5) is 14.5 Å². The van der Waals surface area contributed by atoms with E-state index in [4.69, 9.17) is 11.6 Å². The lowest BCUT2D eigenvalue weighted by Crippen LogP contribution is -2.16. The lowest BCUT2D eigenvalue weighted by molar-refractivity contribution is -0.0964. The second-order valence-corrected chi connectivity index (χ2v) is 7.57. The number of rotatable bonds is 6. The second-order valence-electron chi connectivity index (χ2n) is 7.13. The van der Waals surface area contributed by atoms with Gasteiger partial charge in [0.2, 0.25) is 0 Å². The summed E-state index contributed by atoms with van der Waals surface area (Å²) in [6, 6.07) is 10.9. The molecule has 31 heavy (non-hydrogen) atoms. The molecule has 4 rings (SSSR count). The van der Waals surface area contributed by atoms with Crippen LogP contribution in [0.1, 0.15) is 30.2 Å². The zero-order valence-corrected chi connectivity index (χ0v) is 17.3. The molecule has 0 fully saturated rings. The number of halogens is 3. The van der Waals surface area contributed by atoms with Crippen LogP contribution in [0.15, 0.2) is 55.0 Å². The van der Waals surface area contributed by atoms with Crippen LogP contribution < -0.4 is 10.1 Å². The van der Waals surface area contributed by atoms with Gasteiger partial charge in [-0.1, -0.05) is 0 Å². The van der Waals surface area contributed by atoms with Gasteiger partial charge in [0.25, 0.3) is 5.91 Å². The molecule has 0 unspecified atom stereocenters. The van der Waals surface area contributed by atoms with Gasteiger partial charge >= 0.3 is 5.57 Å². The first-order chi connectivity index (χ1) is 14.7. The highest BCUT2D eigenvalue weighted by Gasteiger charge is 2.27. The Morgan fingerprint density at radius 3 is 2.58 bits per heavy atom. The first kappa shape index (κ1) is 20.8. The third-order valence-electron chi connectivity index (χ3n) is 4.62. The molecule has 0 aliphatic carbocycles. The standard InChI is InChI=1S/C21H18ClF2N5O2/c1-12(2)29-11-25-18-10-13(9-16(19(18)29)17-7-8-26-28-17)20(30)27-14-3-5-15(6-4-14)31-21(22,23)24/h3-12H,1-2H3,(H,26,28)(H,27,30). The second kappa shape index (κ2) is 7.99. The number of anilines is 1. The lowest BCUT2D eigenvalue weighted by Gasteiger charge is -2.13. The van der Waals surface area contributed by atoms with E-state index in [1.807, 2.05) is 24.5 Å². The minimum absolute atomic E-state index is 0.125. The lowest BCUT2D eigenvalue weighted by atomic mass is 10.0. The Bertz CT molecular complexity index is 1220. The number of nitrogens with zero attached hydrogens (tertiary/aromatic N) is 3. The number of benzene rings is 2. The van der Waals surface area contributed by atoms with Gasteiger partial charge in [-0.2, -0.15) is 5.10 Å². The van der Waals surface area contributed by atoms with Crippen LogP contribution in [0, 0.1) is 0 Å². The van der Waals surface area contributed by atoms with Crippen molar-refractivity contribution in [3.8, 4) is 17.0 Å². The van der Waals surface area contributed by atoms with Gasteiger partial charge in [-0.3, -0.25) is 9.89 Å². The number of fused-ring (bicyclic) bond motifs is 1. The third kappa shape index (κ3) is 4.51. The Hall–Kier alpha value is -3.46. The van der Waals surface area contributed by atoms with Crippen LogP contribution in [0.2, 0.25) is 0 Å². The van der Waals surface area contributed by atoms with Crippen LogP contribution in [0.3, 0.4) is 0 Å². The average molecular weight is 446 g/mol. The molecule has 1 amide bonds. The quantitative estimate of drug-likeness (QED) is 0.388. The van der Waals surface area contributed by atoms with Crippen molar-refractivity contribution in [1.29, 1.82) is 0 Å². The van der Waals surface area contributed by atoms with E-state index in [2.05, 4.69) is 25.2 Å². The number of nitrogens with one attached hydrogen (secondary N) is 2. The molecule has 0 bridgehead atoms. The molecule has 0 radical (unpaired) electrons. The van der Waals surface area contributed by atoms with E-state index in [1.54, 1.807) is 24.7 Å². The SMILES string of the molecule is CC(C)n1cnc2cc(C(=O)Nc3ccc(OC(F)(F)Cl)cc3)cc(-c3ccn[nH]3)c21. The fourth-order valence-electron chi connectivity index (χ4n) is 3.25. The summed E-state index contributed by atoms with van der Waals surface area (Å²) in [5, 5.41) is 9.68. The predicted octanol–water partition coefficient (Wildman–Crippen LogP) is 5.43. The smallest absolute Gasteiger partial charge is 0.420 e. The average Bonchev–Trinajstić information content (AvgIpc) is 3.37. The zero-order valence-electron chi connectivity index (χ0n) is 16.6. The number of imidazole rings is 1. The summed E-state index contributed by atoms with van der Waals surface area (Å²) in [5.74, 6) is -0.502. The molecular formula is C21H18ClF2N5O2. The number of hydrogen-bond donors (Lipinski definition) is 2. The van der Waals surface area contributed by atoms with Crippen molar-refractivity contribution in [2.24, 2.45) is 0 Å².